The second-order valence-corrected chi connectivity index (χ2v) is 26.8. The van der Waals surface area contributed by atoms with Crippen LogP contribution in [0, 0.1) is 0 Å². The van der Waals surface area contributed by atoms with Crippen molar-refractivity contribution in [2.24, 2.45) is 0 Å². The number of para-hydroxylation sites is 2. The van der Waals surface area contributed by atoms with Crippen LogP contribution in [-0.2, 0) is 0 Å². The quantitative estimate of drug-likeness (QED) is 0.100. The van der Waals surface area contributed by atoms with Crippen molar-refractivity contribution >= 4 is 127 Å². The number of halogens is 3. The van der Waals surface area contributed by atoms with E-state index in [4.69, 9.17) is 0 Å². The van der Waals surface area contributed by atoms with Gasteiger partial charge in [0.2, 0.25) is 0 Å². The molecule has 0 aliphatic heterocycles. The van der Waals surface area contributed by atoms with E-state index < -0.39 is 16.1 Å². The molecular formula is C60H44Br3NSi2. The first-order chi connectivity index (χ1) is 32.5. The molecule has 0 bridgehead atoms. The van der Waals surface area contributed by atoms with E-state index in [9.17, 15) is 0 Å². The summed E-state index contributed by atoms with van der Waals surface area (Å²) in [7, 11) is -4.96. The Balaban J connectivity index is 0.000000166. The summed E-state index contributed by atoms with van der Waals surface area (Å²) in [6, 6.07) is 97.5. The lowest BCUT2D eigenvalue weighted by Crippen LogP contribution is -2.74. The summed E-state index contributed by atoms with van der Waals surface area (Å²) in [5.74, 6) is 0. The predicted octanol–water partition coefficient (Wildman–Crippen LogP) is 11.5. The highest BCUT2D eigenvalue weighted by molar-refractivity contribution is 9.11. The van der Waals surface area contributed by atoms with Crippen LogP contribution in [0.5, 0.6) is 0 Å². The molecule has 0 aliphatic carbocycles. The molecule has 0 saturated carbocycles. The number of hydrogen-bond donors (Lipinski definition) is 0. The third-order valence-electron chi connectivity index (χ3n) is 12.8. The molecule has 1 aromatic heterocycles. The van der Waals surface area contributed by atoms with E-state index in [1.165, 1.54) is 69.0 Å². The number of rotatable bonds is 9. The Labute approximate surface area is 414 Å². The lowest BCUT2D eigenvalue weighted by atomic mass is 10.2. The van der Waals surface area contributed by atoms with Gasteiger partial charge in [0.15, 0.2) is 16.1 Å². The molecule has 0 fully saturated rings. The SMILES string of the molecule is Brc1ccc([Si](c2ccccc2)(c2ccccc2)c2ccc(-n3c4ccccc4c4ccccc43)cc2)cc1.Brc1ccc([Si](c2ccccc2)(c2ccccc2)c2ccc(Br)cc2)cc1. The average Bonchev–Trinajstić information content (AvgIpc) is 3.72. The Morgan fingerprint density at radius 1 is 0.227 bits per heavy atom. The number of hydrogen-bond acceptors (Lipinski definition) is 0. The van der Waals surface area contributed by atoms with E-state index in [2.05, 4.69) is 319 Å². The molecule has 318 valence electrons. The van der Waals surface area contributed by atoms with Crippen LogP contribution in [0.15, 0.2) is 280 Å². The summed E-state index contributed by atoms with van der Waals surface area (Å²) in [6.07, 6.45) is 0. The van der Waals surface area contributed by atoms with Crippen LogP contribution >= 0.6 is 47.8 Å². The first-order valence-corrected chi connectivity index (χ1v) is 28.4. The van der Waals surface area contributed by atoms with Crippen molar-refractivity contribution in [3.05, 3.63) is 280 Å². The van der Waals surface area contributed by atoms with Crippen LogP contribution in [-0.4, -0.2) is 20.7 Å². The molecule has 10 aromatic carbocycles. The van der Waals surface area contributed by atoms with Gasteiger partial charge in [0.1, 0.15) is 0 Å². The zero-order valence-corrected chi connectivity index (χ0v) is 42.7. The average molecular weight is 1070 g/mol. The van der Waals surface area contributed by atoms with Crippen LogP contribution in [0.3, 0.4) is 0 Å². The van der Waals surface area contributed by atoms with Gasteiger partial charge in [-0.15, -0.1) is 0 Å². The van der Waals surface area contributed by atoms with Crippen molar-refractivity contribution in [2.75, 3.05) is 0 Å². The fourth-order valence-electron chi connectivity index (χ4n) is 9.91. The van der Waals surface area contributed by atoms with Gasteiger partial charge in [-0.1, -0.05) is 254 Å². The molecule has 0 atom stereocenters. The summed E-state index contributed by atoms with van der Waals surface area (Å²) in [5, 5.41) is 13.6. The number of benzene rings is 10. The van der Waals surface area contributed by atoms with Crippen LogP contribution in [0.2, 0.25) is 0 Å². The molecular weight excluding hydrogens is 1030 g/mol. The highest BCUT2D eigenvalue weighted by atomic mass is 79.9. The van der Waals surface area contributed by atoms with E-state index in [0.29, 0.717) is 0 Å². The van der Waals surface area contributed by atoms with Crippen molar-refractivity contribution in [2.45, 2.75) is 0 Å². The van der Waals surface area contributed by atoms with Crippen molar-refractivity contribution in [3.8, 4) is 5.69 Å². The minimum absolute atomic E-state index is 1.09. The highest BCUT2D eigenvalue weighted by Crippen LogP contribution is 2.31. The van der Waals surface area contributed by atoms with Crippen LogP contribution in [0.4, 0.5) is 0 Å². The molecule has 6 heteroatoms. The summed E-state index contributed by atoms with van der Waals surface area (Å²) in [4.78, 5) is 0. The van der Waals surface area contributed by atoms with Gasteiger partial charge in [0, 0.05) is 29.9 Å². The molecule has 0 radical (unpaired) electrons. The van der Waals surface area contributed by atoms with Crippen LogP contribution < -0.4 is 41.5 Å². The molecule has 11 rings (SSSR count). The molecule has 1 heterocycles. The van der Waals surface area contributed by atoms with Gasteiger partial charge >= 0.3 is 0 Å². The van der Waals surface area contributed by atoms with Gasteiger partial charge < -0.3 is 4.57 Å². The fraction of sp³-hybridized carbons (Fsp3) is 0. The van der Waals surface area contributed by atoms with Gasteiger partial charge in [0.25, 0.3) is 0 Å². The number of nitrogens with zero attached hydrogens (tertiary/aromatic N) is 1. The zero-order chi connectivity index (χ0) is 44.9. The minimum Gasteiger partial charge on any atom is -0.309 e. The predicted molar refractivity (Wildman–Crippen MR) is 298 cm³/mol. The molecule has 0 aliphatic rings. The Hall–Kier alpha value is -6.13. The summed E-state index contributed by atoms with van der Waals surface area (Å²) in [5.41, 5.74) is 3.64. The summed E-state index contributed by atoms with van der Waals surface area (Å²) >= 11 is 10.9. The first kappa shape index (κ1) is 43.7. The monoisotopic (exact) mass is 1070 g/mol. The Kier molecular flexibility index (Phi) is 12.8. The van der Waals surface area contributed by atoms with E-state index in [-0.39, 0.29) is 0 Å². The summed E-state index contributed by atoms with van der Waals surface area (Å²) in [6.45, 7) is 0. The molecule has 0 amide bonds. The maximum Gasteiger partial charge on any atom is 0.179 e. The third kappa shape index (κ3) is 8.12. The molecule has 1 nitrogen and oxygen atoms in total. The van der Waals surface area contributed by atoms with Gasteiger partial charge in [0.05, 0.1) is 11.0 Å². The molecule has 11 aromatic rings. The number of fused-ring (bicyclic) bond motifs is 3. The van der Waals surface area contributed by atoms with E-state index in [1.54, 1.807) is 0 Å². The first-order valence-electron chi connectivity index (χ1n) is 22.1. The number of aromatic nitrogens is 1. The van der Waals surface area contributed by atoms with E-state index in [1.807, 2.05) is 0 Å². The molecule has 0 spiro atoms. The lowest BCUT2D eigenvalue weighted by molar-refractivity contribution is 1.18. The van der Waals surface area contributed by atoms with Crippen molar-refractivity contribution in [3.63, 3.8) is 0 Å². The highest BCUT2D eigenvalue weighted by Gasteiger charge is 2.42. The van der Waals surface area contributed by atoms with Gasteiger partial charge in [-0.2, -0.15) is 0 Å². The van der Waals surface area contributed by atoms with Crippen LogP contribution in [0.25, 0.3) is 27.5 Å². The van der Waals surface area contributed by atoms with Crippen molar-refractivity contribution < 1.29 is 0 Å². The topological polar surface area (TPSA) is 4.93 Å². The second kappa shape index (κ2) is 19.4. The largest absolute Gasteiger partial charge is 0.309 e. The molecule has 0 saturated heterocycles. The summed E-state index contributed by atoms with van der Waals surface area (Å²) < 4.78 is 5.69. The second-order valence-electron chi connectivity index (χ2n) is 16.4. The fourth-order valence-corrected chi connectivity index (χ4v) is 20.1. The van der Waals surface area contributed by atoms with Gasteiger partial charge in [-0.3, -0.25) is 0 Å². The Morgan fingerprint density at radius 3 is 0.742 bits per heavy atom. The standard InChI is InChI=1S/C36H26BrNSi.C24H18Br2Si/c37-27-19-23-31(24-20-27)39(29-11-3-1-4-12-29,30-13-5-2-6-14-30)32-25-21-28(22-26-32)38-35-17-9-7-15-33(35)34-16-8-10-18-36(34)38;25-19-11-15-23(16-12-19)27(21-7-3-1-4-8-21,22-9-5-2-6-10-22)24-17-13-20(26)14-18-24/h1-26H;1-18H. The molecule has 66 heavy (non-hydrogen) atoms. The van der Waals surface area contributed by atoms with Crippen LogP contribution in [0.1, 0.15) is 0 Å². The maximum atomic E-state index is 3.66. The lowest BCUT2D eigenvalue weighted by Gasteiger charge is -2.34. The van der Waals surface area contributed by atoms with E-state index in [0.717, 1.165) is 13.4 Å². The van der Waals surface area contributed by atoms with Gasteiger partial charge in [-0.05, 0) is 102 Å². The van der Waals surface area contributed by atoms with Crippen molar-refractivity contribution in [1.82, 2.24) is 4.57 Å². The smallest absolute Gasteiger partial charge is 0.179 e. The minimum atomic E-state index is -2.57. The van der Waals surface area contributed by atoms with Gasteiger partial charge in [-0.25, -0.2) is 0 Å². The molecule has 0 unspecified atom stereocenters. The Morgan fingerprint density at radius 2 is 0.455 bits per heavy atom. The maximum absolute atomic E-state index is 3.66. The van der Waals surface area contributed by atoms with E-state index >= 15 is 0 Å². The zero-order valence-electron chi connectivity index (χ0n) is 36.0. The normalized spacial score (nSPS) is 11.6. The third-order valence-corrected chi connectivity index (χ3v) is 24.0. The molecule has 0 N–H and O–H groups in total. The van der Waals surface area contributed by atoms with Crippen molar-refractivity contribution in [1.29, 1.82) is 0 Å². The Bertz CT molecular complexity index is 3160.